The normalized spacial score (nSPS) is 19.2. The van der Waals surface area contributed by atoms with Crippen LogP contribution in [-0.2, 0) is 6.54 Å². The summed E-state index contributed by atoms with van der Waals surface area (Å²) in [6, 6.07) is 5.93. The van der Waals surface area contributed by atoms with E-state index in [0.717, 1.165) is 35.4 Å². The van der Waals surface area contributed by atoms with Crippen LogP contribution in [0, 0.1) is 0 Å². The predicted octanol–water partition coefficient (Wildman–Crippen LogP) is 3.08. The highest BCUT2D eigenvalue weighted by Gasteiger charge is 2.13. The Balaban J connectivity index is 1.86. The first-order valence-corrected chi connectivity index (χ1v) is 7.91. The maximum Gasteiger partial charge on any atom is 0.123 e. The van der Waals surface area contributed by atoms with Crippen molar-refractivity contribution in [3.8, 4) is 11.5 Å². The van der Waals surface area contributed by atoms with Crippen LogP contribution in [0.3, 0.4) is 0 Å². The molecule has 0 saturated carbocycles. The zero-order chi connectivity index (χ0) is 13.5. The van der Waals surface area contributed by atoms with Gasteiger partial charge in [-0.05, 0) is 36.8 Å². The van der Waals surface area contributed by atoms with Crippen LogP contribution < -0.4 is 14.8 Å². The van der Waals surface area contributed by atoms with Gasteiger partial charge in [0.2, 0.25) is 0 Å². The molecule has 1 heterocycles. The van der Waals surface area contributed by atoms with E-state index in [0.29, 0.717) is 0 Å². The Morgan fingerprint density at radius 3 is 2.84 bits per heavy atom. The average Bonchev–Trinajstić information content (AvgIpc) is 2.48. The Hall–Kier alpha value is -0.870. The van der Waals surface area contributed by atoms with Crippen LogP contribution in [-0.4, -0.2) is 31.8 Å². The number of hydrogen-bond donors (Lipinski definition) is 1. The highest BCUT2D eigenvalue weighted by molar-refractivity contribution is 7.99. The van der Waals surface area contributed by atoms with Crippen molar-refractivity contribution >= 4 is 11.8 Å². The van der Waals surface area contributed by atoms with Crippen LogP contribution in [0.15, 0.2) is 18.2 Å². The molecule has 3 nitrogen and oxygen atoms in total. The largest absolute Gasteiger partial charge is 0.497 e. The molecular formula is C15H23NO2S. The number of thioether (sulfide) groups is 1. The van der Waals surface area contributed by atoms with Gasteiger partial charge >= 0.3 is 0 Å². The summed E-state index contributed by atoms with van der Waals surface area (Å²) in [4.78, 5) is 0. The molecule has 0 aliphatic carbocycles. The summed E-state index contributed by atoms with van der Waals surface area (Å²) in [5, 5.41) is 4.31. The van der Waals surface area contributed by atoms with Crippen LogP contribution in [0.5, 0.6) is 11.5 Å². The molecule has 1 saturated heterocycles. The molecule has 0 spiro atoms. The zero-order valence-electron chi connectivity index (χ0n) is 11.8. The lowest BCUT2D eigenvalue weighted by Gasteiger charge is -2.21. The summed E-state index contributed by atoms with van der Waals surface area (Å²) >= 11 is 2.10. The Bertz CT molecular complexity index is 392. The molecule has 1 fully saturated rings. The van der Waals surface area contributed by atoms with E-state index in [-0.39, 0.29) is 0 Å². The fourth-order valence-electron chi connectivity index (χ4n) is 2.36. The molecule has 1 aliphatic heterocycles. The summed E-state index contributed by atoms with van der Waals surface area (Å²) in [6.07, 6.45) is 4.10. The van der Waals surface area contributed by atoms with Crippen LogP contribution in [0.2, 0.25) is 0 Å². The van der Waals surface area contributed by atoms with Crippen molar-refractivity contribution in [2.24, 2.45) is 0 Å². The second kappa shape index (κ2) is 7.65. The topological polar surface area (TPSA) is 30.5 Å². The first-order valence-electron chi connectivity index (χ1n) is 6.86. The van der Waals surface area contributed by atoms with E-state index in [4.69, 9.17) is 9.47 Å². The third-order valence-electron chi connectivity index (χ3n) is 3.45. The summed E-state index contributed by atoms with van der Waals surface area (Å²) in [5.41, 5.74) is 1.16. The number of rotatable bonds is 6. The molecule has 1 N–H and O–H groups in total. The van der Waals surface area contributed by atoms with Crippen LogP contribution in [0.25, 0.3) is 0 Å². The van der Waals surface area contributed by atoms with Crippen LogP contribution >= 0.6 is 11.8 Å². The molecule has 106 valence electrons. The minimum atomic E-state index is 0.769. The van der Waals surface area contributed by atoms with E-state index in [2.05, 4.69) is 17.1 Å². The molecular weight excluding hydrogens is 258 g/mol. The van der Waals surface area contributed by atoms with Gasteiger partial charge in [-0.25, -0.2) is 0 Å². The summed E-state index contributed by atoms with van der Waals surface area (Å²) in [6.45, 7) is 1.91. The number of hydrogen-bond acceptors (Lipinski definition) is 4. The molecule has 2 rings (SSSR count). The smallest absolute Gasteiger partial charge is 0.123 e. The zero-order valence-corrected chi connectivity index (χ0v) is 12.6. The molecule has 1 aliphatic rings. The molecule has 1 atom stereocenters. The van der Waals surface area contributed by atoms with Crippen molar-refractivity contribution in [3.05, 3.63) is 23.8 Å². The van der Waals surface area contributed by atoms with Crippen molar-refractivity contribution in [2.75, 3.05) is 26.5 Å². The minimum Gasteiger partial charge on any atom is -0.497 e. The van der Waals surface area contributed by atoms with Crippen LogP contribution in [0.1, 0.15) is 24.8 Å². The van der Waals surface area contributed by atoms with Crippen molar-refractivity contribution in [1.29, 1.82) is 0 Å². The van der Waals surface area contributed by atoms with Gasteiger partial charge < -0.3 is 14.8 Å². The third kappa shape index (κ3) is 4.32. The first-order chi connectivity index (χ1) is 9.33. The Morgan fingerprint density at radius 1 is 1.26 bits per heavy atom. The van der Waals surface area contributed by atoms with Gasteiger partial charge in [-0.3, -0.25) is 0 Å². The standard InChI is InChI=1S/C15H23NO2S/c1-17-13-6-7-15(18-2)12(9-13)10-16-11-14-5-3-4-8-19-14/h6-7,9,14,16H,3-5,8,10-11H2,1-2H3. The minimum absolute atomic E-state index is 0.769. The summed E-state index contributed by atoms with van der Waals surface area (Å²) in [7, 11) is 3.40. The van der Waals surface area contributed by atoms with E-state index in [1.165, 1.54) is 25.0 Å². The molecule has 0 amide bonds. The van der Waals surface area contributed by atoms with Crippen molar-refractivity contribution in [3.63, 3.8) is 0 Å². The third-order valence-corrected chi connectivity index (χ3v) is 4.85. The highest BCUT2D eigenvalue weighted by Crippen LogP contribution is 2.26. The second-order valence-corrected chi connectivity index (χ2v) is 6.21. The molecule has 0 aromatic heterocycles. The average molecular weight is 281 g/mol. The van der Waals surface area contributed by atoms with E-state index < -0.39 is 0 Å². The Morgan fingerprint density at radius 2 is 2.16 bits per heavy atom. The van der Waals surface area contributed by atoms with E-state index in [1.807, 2.05) is 18.2 Å². The lowest BCUT2D eigenvalue weighted by atomic mass is 10.1. The number of methoxy groups -OCH3 is 2. The molecule has 1 unspecified atom stereocenters. The number of nitrogens with one attached hydrogen (secondary N) is 1. The van der Waals surface area contributed by atoms with Crippen molar-refractivity contribution < 1.29 is 9.47 Å². The molecule has 1 aromatic rings. The quantitative estimate of drug-likeness (QED) is 0.868. The first kappa shape index (κ1) is 14.5. The molecule has 19 heavy (non-hydrogen) atoms. The fourth-order valence-corrected chi connectivity index (χ4v) is 3.63. The van der Waals surface area contributed by atoms with Gasteiger partial charge in [-0.2, -0.15) is 11.8 Å². The number of ether oxygens (including phenoxy) is 2. The van der Waals surface area contributed by atoms with Gasteiger partial charge in [0, 0.05) is 23.9 Å². The fraction of sp³-hybridized carbons (Fsp3) is 0.600. The van der Waals surface area contributed by atoms with Gasteiger partial charge in [-0.15, -0.1) is 0 Å². The molecule has 4 heteroatoms. The molecule has 0 bridgehead atoms. The van der Waals surface area contributed by atoms with Crippen LogP contribution in [0.4, 0.5) is 0 Å². The van der Waals surface area contributed by atoms with Gasteiger partial charge in [0.1, 0.15) is 11.5 Å². The van der Waals surface area contributed by atoms with E-state index >= 15 is 0 Å². The lowest BCUT2D eigenvalue weighted by molar-refractivity contribution is 0.397. The number of benzene rings is 1. The van der Waals surface area contributed by atoms with Gasteiger partial charge in [0.05, 0.1) is 14.2 Å². The predicted molar refractivity (Wildman–Crippen MR) is 81.3 cm³/mol. The van der Waals surface area contributed by atoms with Gasteiger partial charge in [0.25, 0.3) is 0 Å². The summed E-state index contributed by atoms with van der Waals surface area (Å²) in [5.74, 6) is 3.11. The van der Waals surface area contributed by atoms with Crippen molar-refractivity contribution in [1.82, 2.24) is 5.32 Å². The molecule has 1 aromatic carbocycles. The van der Waals surface area contributed by atoms with Gasteiger partial charge in [0.15, 0.2) is 0 Å². The summed E-state index contributed by atoms with van der Waals surface area (Å²) < 4.78 is 10.6. The Kier molecular flexibility index (Phi) is 5.86. The maximum atomic E-state index is 5.39. The van der Waals surface area contributed by atoms with Gasteiger partial charge in [-0.1, -0.05) is 6.42 Å². The van der Waals surface area contributed by atoms with E-state index in [1.54, 1.807) is 14.2 Å². The van der Waals surface area contributed by atoms with E-state index in [9.17, 15) is 0 Å². The Labute approximate surface area is 120 Å². The lowest BCUT2D eigenvalue weighted by Crippen LogP contribution is -2.26. The highest BCUT2D eigenvalue weighted by atomic mass is 32.2. The SMILES string of the molecule is COc1ccc(OC)c(CNCC2CCCCS2)c1. The second-order valence-electron chi connectivity index (χ2n) is 4.80. The monoisotopic (exact) mass is 281 g/mol. The maximum absolute atomic E-state index is 5.39. The molecule has 0 radical (unpaired) electrons. The van der Waals surface area contributed by atoms with Crippen molar-refractivity contribution in [2.45, 2.75) is 31.1 Å².